The van der Waals surface area contributed by atoms with Crippen molar-refractivity contribution in [2.45, 2.75) is 0 Å². The molecule has 11 rings (SSSR count). The maximum Gasteiger partial charge on any atom is 0.143 e. The summed E-state index contributed by atoms with van der Waals surface area (Å²) in [6.07, 6.45) is 0. The first-order chi connectivity index (χ1) is 34.2. The molecule has 0 unspecified atom stereocenters. The fourth-order valence-corrected chi connectivity index (χ4v) is 10.00. The lowest BCUT2D eigenvalue weighted by Crippen LogP contribution is -2.57. The predicted octanol–water partition coefficient (Wildman–Crippen LogP) is 0.350. The van der Waals surface area contributed by atoms with Crippen molar-refractivity contribution in [2.24, 2.45) is 0 Å². The molecule has 0 aliphatic heterocycles. The van der Waals surface area contributed by atoms with Crippen molar-refractivity contribution in [2.75, 3.05) is 4.90 Å². The SMILES string of the molecule is [B]c1c([B])c([B])c(-c2c([B])c([B])c(-c3c([B])c([B])c(N(c4ccc(-c5ccc6ccccc6c5)cc4)c4cccc(-c5cccc6oc7c8ccccc8ccc7c56)c4)c([B])c3[B])c([B])c2[B])c([B])c1[B]. The molecule has 11 aromatic rings. The molecule has 0 fully saturated rings. The quantitative estimate of drug-likeness (QED) is 0.216. The second-order valence-electron chi connectivity index (χ2n) is 17.7. The van der Waals surface area contributed by atoms with Gasteiger partial charge in [-0.3, -0.25) is 0 Å². The van der Waals surface area contributed by atoms with Crippen LogP contribution in [0.2, 0.25) is 0 Å². The van der Waals surface area contributed by atoms with E-state index in [0.717, 1.165) is 65.7 Å². The van der Waals surface area contributed by atoms with Crippen LogP contribution in [0.5, 0.6) is 0 Å². The molecule has 1 aromatic heterocycles. The third-order valence-electron chi connectivity index (χ3n) is 13.7. The number of hydrogen-bond acceptors (Lipinski definition) is 2. The monoisotopic (exact) mass is 869 g/mol. The Labute approximate surface area is 430 Å². The summed E-state index contributed by atoms with van der Waals surface area (Å²) in [4.78, 5) is 1.93. The first-order valence-corrected chi connectivity index (χ1v) is 22.5. The predicted molar refractivity (Wildman–Crippen MR) is 315 cm³/mol. The van der Waals surface area contributed by atoms with Crippen LogP contribution in [0.4, 0.5) is 17.1 Å². The van der Waals surface area contributed by atoms with E-state index in [4.69, 9.17) is 106 Å². The summed E-state index contributed by atoms with van der Waals surface area (Å²) < 4.78 is 6.58. The number of rotatable bonds is 7. The minimum atomic E-state index is -0.0628. The molecule has 0 atom stereocenters. The van der Waals surface area contributed by atoms with Gasteiger partial charge in [0.1, 0.15) is 113 Å². The van der Waals surface area contributed by atoms with E-state index in [-0.39, 0.29) is 93.3 Å². The molecule has 0 aliphatic carbocycles. The van der Waals surface area contributed by atoms with E-state index in [1.807, 2.05) is 77.7 Å². The zero-order valence-electron chi connectivity index (χ0n) is 38.2. The van der Waals surface area contributed by atoms with Crippen LogP contribution in [0.3, 0.4) is 0 Å². The van der Waals surface area contributed by atoms with Gasteiger partial charge in [-0.25, -0.2) is 0 Å². The van der Waals surface area contributed by atoms with Gasteiger partial charge >= 0.3 is 0 Å². The molecular weight excluding hydrogens is 843 g/mol. The number of hydrogen-bond donors (Lipinski definition) is 0. The van der Waals surface area contributed by atoms with Gasteiger partial charge in [0.05, 0.1) is 0 Å². The molecule has 15 heteroatoms. The average Bonchev–Trinajstić information content (AvgIpc) is 3.79. The lowest BCUT2D eigenvalue weighted by atomic mass is 9.55. The second-order valence-corrected chi connectivity index (χ2v) is 17.7. The van der Waals surface area contributed by atoms with Crippen LogP contribution >= 0.6 is 0 Å². The van der Waals surface area contributed by atoms with Crippen LogP contribution in [0, 0.1) is 0 Å². The molecule has 0 saturated carbocycles. The van der Waals surface area contributed by atoms with Gasteiger partial charge in [-0.1, -0.05) is 158 Å². The number of fused-ring (bicyclic) bond motifs is 6. The first-order valence-electron chi connectivity index (χ1n) is 22.5. The smallest absolute Gasteiger partial charge is 0.143 e. The standard InChI is InChI=1S/C56H24B13NO/c57-42-38(40-46(61)50(65)52(67)51(66)47(40)62)43(58)45(60)39(44(42)59)41-48(63)53(68)55(54(69)49(41)64)70(31-20-17-26(18-21-31)29-16-15-25-7-1-2-9-28(25)23-29)32-11-5-10-30(24-32)33-13-6-14-36-37(33)35-22-19-27-8-3-4-12-34(27)56(35)71-36/h1-24H. The molecule has 0 N–H and O–H groups in total. The largest absolute Gasteiger partial charge is 0.455 e. The summed E-state index contributed by atoms with van der Waals surface area (Å²) in [5.74, 6) is 0. The summed E-state index contributed by atoms with van der Waals surface area (Å²) in [6, 6.07) is 49.2. The van der Waals surface area contributed by atoms with Crippen molar-refractivity contribution in [1.29, 1.82) is 0 Å². The van der Waals surface area contributed by atoms with E-state index >= 15 is 0 Å². The number of anilines is 3. The first kappa shape index (κ1) is 46.5. The normalized spacial score (nSPS) is 11.5. The van der Waals surface area contributed by atoms with Crippen molar-refractivity contribution in [1.82, 2.24) is 0 Å². The average molecular weight is 867 g/mol. The highest BCUT2D eigenvalue weighted by Gasteiger charge is 2.26. The highest BCUT2D eigenvalue weighted by atomic mass is 16.3. The van der Waals surface area contributed by atoms with Gasteiger partial charge in [0, 0.05) is 33.2 Å². The summed E-state index contributed by atoms with van der Waals surface area (Å²) in [7, 11) is 87.4. The van der Waals surface area contributed by atoms with E-state index in [0.29, 0.717) is 17.1 Å². The molecule has 26 radical (unpaired) electrons. The topological polar surface area (TPSA) is 16.4 Å². The lowest BCUT2D eigenvalue weighted by molar-refractivity contribution is 0.673. The Hall–Kier alpha value is -6.84. The Kier molecular flexibility index (Phi) is 11.7. The fraction of sp³-hybridized carbons (Fsp3) is 0. The Balaban J connectivity index is 1.10. The Bertz CT molecular complexity index is 3970. The summed E-state index contributed by atoms with van der Waals surface area (Å²) in [5, 5.41) is 6.35. The summed E-state index contributed by atoms with van der Waals surface area (Å²) in [5.41, 5.74) is 7.40. The zero-order valence-corrected chi connectivity index (χ0v) is 38.2. The van der Waals surface area contributed by atoms with Crippen LogP contribution in [0.15, 0.2) is 150 Å². The number of furan rings is 1. The lowest BCUT2D eigenvalue weighted by Gasteiger charge is -2.34. The van der Waals surface area contributed by atoms with E-state index in [2.05, 4.69) is 72.8 Å². The Morgan fingerprint density at radius 1 is 0.310 bits per heavy atom. The molecular formula is C56H24B13NO. The fourth-order valence-electron chi connectivity index (χ4n) is 10.00. The van der Waals surface area contributed by atoms with Crippen molar-refractivity contribution in [3.8, 4) is 44.5 Å². The van der Waals surface area contributed by atoms with Crippen LogP contribution < -0.4 is 75.9 Å². The van der Waals surface area contributed by atoms with Crippen LogP contribution in [0.1, 0.15) is 0 Å². The van der Waals surface area contributed by atoms with Crippen LogP contribution in [-0.2, 0) is 0 Å². The Morgan fingerprint density at radius 3 is 1.42 bits per heavy atom. The highest BCUT2D eigenvalue weighted by Crippen LogP contribution is 2.42. The number of benzene rings is 10. The molecule has 2 nitrogen and oxygen atoms in total. The van der Waals surface area contributed by atoms with E-state index < -0.39 is 0 Å². The van der Waals surface area contributed by atoms with Gasteiger partial charge in [0.25, 0.3) is 0 Å². The molecule has 0 spiro atoms. The molecule has 10 aromatic carbocycles. The molecule has 298 valence electrons. The Morgan fingerprint density at radius 2 is 0.803 bits per heavy atom. The molecule has 0 saturated heterocycles. The summed E-state index contributed by atoms with van der Waals surface area (Å²) >= 11 is 0. The van der Waals surface area contributed by atoms with Crippen molar-refractivity contribution >= 4 is 234 Å². The molecule has 0 bridgehead atoms. The van der Waals surface area contributed by atoms with Gasteiger partial charge < -0.3 is 9.32 Å². The molecule has 0 aliphatic rings. The van der Waals surface area contributed by atoms with Crippen molar-refractivity contribution in [3.05, 3.63) is 146 Å². The highest BCUT2D eigenvalue weighted by molar-refractivity contribution is 6.72. The third kappa shape index (κ3) is 7.36. The van der Waals surface area contributed by atoms with Crippen molar-refractivity contribution < 1.29 is 4.42 Å². The van der Waals surface area contributed by atoms with Gasteiger partial charge in [-0.2, -0.15) is 0 Å². The van der Waals surface area contributed by atoms with Gasteiger partial charge in [-0.15, -0.1) is 16.4 Å². The van der Waals surface area contributed by atoms with E-state index in [9.17, 15) is 0 Å². The third-order valence-corrected chi connectivity index (χ3v) is 13.7. The van der Waals surface area contributed by atoms with Gasteiger partial charge in [0.15, 0.2) is 0 Å². The summed E-state index contributed by atoms with van der Waals surface area (Å²) in [6.45, 7) is 0. The van der Waals surface area contributed by atoms with E-state index in [1.165, 1.54) is 0 Å². The number of nitrogens with zero attached hydrogens (tertiary/aromatic N) is 1. The van der Waals surface area contributed by atoms with E-state index in [1.54, 1.807) is 0 Å². The van der Waals surface area contributed by atoms with Crippen LogP contribution in [0.25, 0.3) is 88.0 Å². The van der Waals surface area contributed by atoms with Gasteiger partial charge in [-0.05, 0) is 103 Å². The maximum atomic E-state index is 7.21. The molecule has 1 heterocycles. The minimum absolute atomic E-state index is 0.00413. The minimum Gasteiger partial charge on any atom is -0.455 e. The maximum absolute atomic E-state index is 7.21. The molecule has 0 amide bonds. The van der Waals surface area contributed by atoms with Gasteiger partial charge in [0.2, 0.25) is 0 Å². The van der Waals surface area contributed by atoms with Crippen molar-refractivity contribution in [3.63, 3.8) is 0 Å². The van der Waals surface area contributed by atoms with Crippen LogP contribution in [-0.4, -0.2) is 102 Å². The molecule has 71 heavy (non-hydrogen) atoms. The zero-order chi connectivity index (χ0) is 49.7. The second kappa shape index (κ2) is 17.8.